The molecule has 1 aromatic carbocycles. The van der Waals surface area contributed by atoms with Gasteiger partial charge in [-0.1, -0.05) is 18.2 Å². The predicted molar refractivity (Wildman–Crippen MR) is 60.9 cm³/mol. The number of amides is 2. The highest BCUT2D eigenvalue weighted by molar-refractivity contribution is 6.02. The standard InChI is InChI=1S/C11H13N3O/c1-13-7-10(14(2)11(12)15)8-5-3-4-6-9(8)13/h3-7H,1-2H3,(H2,12,15). The van der Waals surface area contributed by atoms with Gasteiger partial charge in [0, 0.05) is 31.2 Å². The number of nitrogens with zero attached hydrogens (tertiary/aromatic N) is 2. The lowest BCUT2D eigenvalue weighted by atomic mass is 10.2. The van der Waals surface area contributed by atoms with Gasteiger partial charge >= 0.3 is 6.03 Å². The third kappa shape index (κ3) is 1.44. The molecule has 15 heavy (non-hydrogen) atoms. The number of nitrogens with two attached hydrogens (primary N) is 1. The largest absolute Gasteiger partial charge is 0.351 e. The Balaban J connectivity index is 2.67. The first kappa shape index (κ1) is 9.58. The van der Waals surface area contributed by atoms with Gasteiger partial charge in [0.25, 0.3) is 0 Å². The van der Waals surface area contributed by atoms with Crippen molar-refractivity contribution in [2.75, 3.05) is 11.9 Å². The van der Waals surface area contributed by atoms with Crippen LogP contribution in [0.5, 0.6) is 0 Å². The second-order valence-electron chi connectivity index (χ2n) is 3.54. The monoisotopic (exact) mass is 203 g/mol. The number of hydrogen-bond acceptors (Lipinski definition) is 1. The van der Waals surface area contributed by atoms with E-state index in [1.165, 1.54) is 4.90 Å². The Morgan fingerprint density at radius 2 is 2.07 bits per heavy atom. The molecule has 4 heteroatoms. The number of rotatable bonds is 1. The molecule has 2 amide bonds. The highest BCUT2D eigenvalue weighted by Crippen LogP contribution is 2.27. The predicted octanol–water partition coefficient (Wildman–Crippen LogP) is 1.69. The third-order valence-corrected chi connectivity index (χ3v) is 2.57. The molecule has 0 unspecified atom stereocenters. The molecule has 0 fully saturated rings. The normalized spacial score (nSPS) is 10.5. The zero-order chi connectivity index (χ0) is 11.0. The minimum Gasteiger partial charge on any atom is -0.351 e. The van der Waals surface area contributed by atoms with Crippen molar-refractivity contribution in [1.82, 2.24) is 4.57 Å². The molecule has 4 nitrogen and oxygen atoms in total. The Labute approximate surface area is 87.9 Å². The van der Waals surface area contributed by atoms with E-state index in [4.69, 9.17) is 5.73 Å². The van der Waals surface area contributed by atoms with Gasteiger partial charge < -0.3 is 10.3 Å². The molecular formula is C11H13N3O. The lowest BCUT2D eigenvalue weighted by Crippen LogP contribution is -2.31. The summed E-state index contributed by atoms with van der Waals surface area (Å²) in [5.74, 6) is 0. The number of hydrogen-bond donors (Lipinski definition) is 1. The number of aromatic nitrogens is 1. The molecule has 2 aromatic rings. The van der Waals surface area contributed by atoms with Crippen LogP contribution in [-0.4, -0.2) is 17.6 Å². The minimum atomic E-state index is -0.452. The molecule has 0 bridgehead atoms. The molecule has 1 aromatic heterocycles. The number of anilines is 1. The van der Waals surface area contributed by atoms with E-state index < -0.39 is 6.03 Å². The van der Waals surface area contributed by atoms with Crippen molar-refractivity contribution >= 4 is 22.6 Å². The molecule has 0 spiro atoms. The van der Waals surface area contributed by atoms with Crippen LogP contribution in [0.1, 0.15) is 0 Å². The van der Waals surface area contributed by atoms with Gasteiger partial charge in [-0.25, -0.2) is 4.79 Å². The lowest BCUT2D eigenvalue weighted by molar-refractivity contribution is 0.255. The van der Waals surface area contributed by atoms with E-state index in [0.717, 1.165) is 16.6 Å². The Bertz CT molecular complexity index is 516. The summed E-state index contributed by atoms with van der Waals surface area (Å²) in [5.41, 5.74) is 7.16. The summed E-state index contributed by atoms with van der Waals surface area (Å²) < 4.78 is 1.98. The van der Waals surface area contributed by atoms with Gasteiger partial charge in [0.2, 0.25) is 0 Å². The number of benzene rings is 1. The van der Waals surface area contributed by atoms with Crippen LogP contribution in [-0.2, 0) is 7.05 Å². The second kappa shape index (κ2) is 3.31. The van der Waals surface area contributed by atoms with Gasteiger partial charge in [-0.2, -0.15) is 0 Å². The van der Waals surface area contributed by atoms with E-state index in [1.54, 1.807) is 7.05 Å². The van der Waals surface area contributed by atoms with Crippen LogP contribution in [0.4, 0.5) is 10.5 Å². The maximum Gasteiger partial charge on any atom is 0.319 e. The molecule has 0 aliphatic carbocycles. The topological polar surface area (TPSA) is 51.3 Å². The zero-order valence-corrected chi connectivity index (χ0v) is 8.77. The summed E-state index contributed by atoms with van der Waals surface area (Å²) >= 11 is 0. The van der Waals surface area contributed by atoms with Crippen LogP contribution in [0.2, 0.25) is 0 Å². The average Bonchev–Trinajstić information content (AvgIpc) is 2.56. The highest BCUT2D eigenvalue weighted by atomic mass is 16.2. The molecule has 0 radical (unpaired) electrons. The lowest BCUT2D eigenvalue weighted by Gasteiger charge is -2.12. The Kier molecular flexibility index (Phi) is 2.11. The molecule has 0 atom stereocenters. The van der Waals surface area contributed by atoms with Crippen LogP contribution >= 0.6 is 0 Å². The van der Waals surface area contributed by atoms with Gasteiger partial charge in [0.05, 0.1) is 5.69 Å². The molecule has 1 heterocycles. The fraction of sp³-hybridized carbons (Fsp3) is 0.182. The van der Waals surface area contributed by atoms with Crippen molar-refractivity contribution in [2.45, 2.75) is 0 Å². The summed E-state index contributed by atoms with van der Waals surface area (Å²) in [6, 6.07) is 7.45. The Hall–Kier alpha value is -1.97. The molecule has 0 saturated heterocycles. The van der Waals surface area contributed by atoms with Gasteiger partial charge in [-0.15, -0.1) is 0 Å². The van der Waals surface area contributed by atoms with Crippen LogP contribution in [0.3, 0.4) is 0 Å². The number of carbonyl (C=O) groups excluding carboxylic acids is 1. The molecule has 0 aliphatic heterocycles. The van der Waals surface area contributed by atoms with Crippen LogP contribution in [0.15, 0.2) is 30.5 Å². The number of fused-ring (bicyclic) bond motifs is 1. The molecule has 2 rings (SSSR count). The Morgan fingerprint density at radius 1 is 1.40 bits per heavy atom. The van der Waals surface area contributed by atoms with Crippen LogP contribution < -0.4 is 10.6 Å². The number of aryl methyl sites for hydroxylation is 1. The number of carbonyl (C=O) groups is 1. The van der Waals surface area contributed by atoms with Crippen molar-refractivity contribution in [1.29, 1.82) is 0 Å². The maximum absolute atomic E-state index is 11.1. The molecule has 0 saturated carbocycles. The first-order valence-electron chi connectivity index (χ1n) is 4.68. The molecule has 0 aliphatic rings. The SMILES string of the molecule is CN(C(N)=O)c1cn(C)c2ccccc12. The fourth-order valence-electron chi connectivity index (χ4n) is 1.71. The third-order valence-electron chi connectivity index (χ3n) is 2.57. The number of primary amides is 1. The Morgan fingerprint density at radius 3 is 2.73 bits per heavy atom. The van der Waals surface area contributed by atoms with Crippen LogP contribution in [0.25, 0.3) is 10.9 Å². The van der Waals surface area contributed by atoms with Gasteiger partial charge in [0.15, 0.2) is 0 Å². The van der Waals surface area contributed by atoms with Crippen molar-refractivity contribution < 1.29 is 4.79 Å². The summed E-state index contributed by atoms with van der Waals surface area (Å²) in [4.78, 5) is 12.5. The van der Waals surface area contributed by atoms with Gasteiger partial charge in [-0.05, 0) is 6.07 Å². The first-order valence-corrected chi connectivity index (χ1v) is 4.68. The average molecular weight is 203 g/mol. The summed E-state index contributed by atoms with van der Waals surface area (Å²) in [6.45, 7) is 0. The van der Waals surface area contributed by atoms with Crippen molar-refractivity contribution in [2.24, 2.45) is 12.8 Å². The van der Waals surface area contributed by atoms with E-state index in [0.29, 0.717) is 0 Å². The van der Waals surface area contributed by atoms with E-state index in [-0.39, 0.29) is 0 Å². The smallest absolute Gasteiger partial charge is 0.319 e. The van der Waals surface area contributed by atoms with E-state index in [2.05, 4.69) is 0 Å². The highest BCUT2D eigenvalue weighted by Gasteiger charge is 2.12. The zero-order valence-electron chi connectivity index (χ0n) is 8.77. The minimum absolute atomic E-state index is 0.452. The van der Waals surface area contributed by atoms with Gasteiger partial charge in [0.1, 0.15) is 0 Å². The second-order valence-corrected chi connectivity index (χ2v) is 3.54. The summed E-state index contributed by atoms with van der Waals surface area (Å²) in [5, 5.41) is 1.03. The summed E-state index contributed by atoms with van der Waals surface area (Å²) in [7, 11) is 3.62. The fourth-order valence-corrected chi connectivity index (χ4v) is 1.71. The number of urea groups is 1. The maximum atomic E-state index is 11.1. The quantitative estimate of drug-likeness (QED) is 0.753. The van der Waals surface area contributed by atoms with E-state index >= 15 is 0 Å². The van der Waals surface area contributed by atoms with Crippen molar-refractivity contribution in [3.63, 3.8) is 0 Å². The van der Waals surface area contributed by atoms with Crippen molar-refractivity contribution in [3.05, 3.63) is 30.5 Å². The molecular weight excluding hydrogens is 190 g/mol. The van der Waals surface area contributed by atoms with Crippen molar-refractivity contribution in [3.8, 4) is 0 Å². The van der Waals surface area contributed by atoms with E-state index in [9.17, 15) is 4.79 Å². The summed E-state index contributed by atoms with van der Waals surface area (Å²) in [6.07, 6.45) is 1.90. The molecule has 2 N–H and O–H groups in total. The van der Waals surface area contributed by atoms with E-state index in [1.807, 2.05) is 42.1 Å². The van der Waals surface area contributed by atoms with Crippen LogP contribution in [0, 0.1) is 0 Å². The first-order chi connectivity index (χ1) is 7.11. The molecule has 78 valence electrons. The van der Waals surface area contributed by atoms with Gasteiger partial charge in [-0.3, -0.25) is 4.90 Å². The number of para-hydroxylation sites is 1.